The summed E-state index contributed by atoms with van der Waals surface area (Å²) in [6, 6.07) is 6.09. The Bertz CT molecular complexity index is 698. The molecule has 0 unspecified atom stereocenters. The lowest BCUT2D eigenvalue weighted by atomic mass is 9.94. The number of imidazole rings is 1. The van der Waals surface area contributed by atoms with Crippen molar-refractivity contribution in [1.82, 2.24) is 19.4 Å². The van der Waals surface area contributed by atoms with Crippen molar-refractivity contribution < 1.29 is 9.53 Å². The highest BCUT2D eigenvalue weighted by atomic mass is 16.5. The number of aryl methyl sites for hydroxylation is 1. The van der Waals surface area contributed by atoms with Gasteiger partial charge in [0, 0.05) is 50.6 Å². The lowest BCUT2D eigenvalue weighted by Gasteiger charge is -2.32. The number of hydrogen-bond acceptors (Lipinski definition) is 4. The molecule has 1 saturated heterocycles. The number of aromatic nitrogens is 3. The van der Waals surface area contributed by atoms with E-state index in [4.69, 9.17) is 9.72 Å². The number of hydrogen-bond donors (Lipinski definition) is 0. The molecular weight excluding hydrogens is 304 g/mol. The summed E-state index contributed by atoms with van der Waals surface area (Å²) in [6.07, 6.45) is 6.66. The second kappa shape index (κ2) is 7.57. The molecule has 1 amide bonds. The average molecular weight is 328 g/mol. The molecule has 0 radical (unpaired) electrons. The Morgan fingerprint density at radius 2 is 2.29 bits per heavy atom. The number of ether oxygens (including phenoxy) is 1. The fraction of sp³-hybridized carbons (Fsp3) is 0.500. The summed E-state index contributed by atoms with van der Waals surface area (Å²) in [7, 11) is 1.56. The van der Waals surface area contributed by atoms with Crippen LogP contribution in [0.1, 0.15) is 37.2 Å². The molecule has 2 aromatic rings. The van der Waals surface area contributed by atoms with E-state index in [0.29, 0.717) is 6.54 Å². The molecule has 2 aromatic heterocycles. The fourth-order valence-electron chi connectivity index (χ4n) is 3.27. The van der Waals surface area contributed by atoms with Gasteiger partial charge in [-0.2, -0.15) is 0 Å². The standard InChI is InChI=1S/C18H24N4O2/c1-3-16-19-9-11-22(16)17-8-4-7-15(20-17)14-6-5-10-21(12-14)18(23)13-24-2/h4,7-9,11,14H,3,5-6,10,12-13H2,1-2H3/t14-/m1/s1. The van der Waals surface area contributed by atoms with Crippen LogP contribution in [0.4, 0.5) is 0 Å². The van der Waals surface area contributed by atoms with Gasteiger partial charge < -0.3 is 9.64 Å². The van der Waals surface area contributed by atoms with Crippen LogP contribution in [-0.2, 0) is 16.0 Å². The molecule has 1 aliphatic rings. The number of carbonyl (C=O) groups is 1. The Labute approximate surface area is 142 Å². The average Bonchev–Trinajstić information content (AvgIpc) is 3.11. The topological polar surface area (TPSA) is 60.2 Å². The first-order valence-electron chi connectivity index (χ1n) is 8.49. The van der Waals surface area contributed by atoms with Crippen molar-refractivity contribution >= 4 is 5.91 Å². The van der Waals surface area contributed by atoms with E-state index in [9.17, 15) is 4.79 Å². The molecule has 1 fully saturated rings. The van der Waals surface area contributed by atoms with Crippen LogP contribution in [0.25, 0.3) is 5.82 Å². The lowest BCUT2D eigenvalue weighted by molar-refractivity contribution is -0.136. The number of pyridine rings is 1. The quantitative estimate of drug-likeness (QED) is 0.844. The zero-order chi connectivity index (χ0) is 16.9. The van der Waals surface area contributed by atoms with Gasteiger partial charge in [-0.05, 0) is 25.0 Å². The maximum Gasteiger partial charge on any atom is 0.248 e. The van der Waals surface area contributed by atoms with Gasteiger partial charge in [0.15, 0.2) is 0 Å². The van der Waals surface area contributed by atoms with Gasteiger partial charge in [0.2, 0.25) is 5.91 Å². The third kappa shape index (κ3) is 3.48. The van der Waals surface area contributed by atoms with Crippen molar-refractivity contribution in [2.45, 2.75) is 32.1 Å². The van der Waals surface area contributed by atoms with Crippen molar-refractivity contribution in [3.63, 3.8) is 0 Å². The van der Waals surface area contributed by atoms with Crippen molar-refractivity contribution in [3.8, 4) is 5.82 Å². The third-order valence-electron chi connectivity index (χ3n) is 4.50. The predicted molar refractivity (Wildman–Crippen MR) is 91.2 cm³/mol. The van der Waals surface area contributed by atoms with Crippen molar-refractivity contribution in [2.24, 2.45) is 0 Å². The van der Waals surface area contributed by atoms with E-state index in [-0.39, 0.29) is 18.4 Å². The van der Waals surface area contributed by atoms with Crippen LogP contribution in [0.2, 0.25) is 0 Å². The highest BCUT2D eigenvalue weighted by molar-refractivity contribution is 5.77. The number of rotatable bonds is 5. The van der Waals surface area contributed by atoms with Crippen molar-refractivity contribution in [2.75, 3.05) is 26.8 Å². The minimum absolute atomic E-state index is 0.0567. The summed E-state index contributed by atoms with van der Waals surface area (Å²) in [5.74, 6) is 2.22. The summed E-state index contributed by atoms with van der Waals surface area (Å²) < 4.78 is 7.00. The van der Waals surface area contributed by atoms with Crippen LogP contribution in [0.3, 0.4) is 0 Å². The van der Waals surface area contributed by atoms with Crippen molar-refractivity contribution in [3.05, 3.63) is 42.1 Å². The molecular formula is C18H24N4O2. The van der Waals surface area contributed by atoms with Gasteiger partial charge in [-0.15, -0.1) is 0 Å². The maximum absolute atomic E-state index is 12.1. The predicted octanol–water partition coefficient (Wildman–Crippen LogP) is 2.18. The molecule has 0 aromatic carbocycles. The van der Waals surface area contributed by atoms with Gasteiger partial charge in [0.05, 0.1) is 0 Å². The number of likely N-dealkylation sites (tertiary alicyclic amines) is 1. The van der Waals surface area contributed by atoms with Crippen LogP contribution in [0, 0.1) is 0 Å². The molecule has 24 heavy (non-hydrogen) atoms. The zero-order valence-corrected chi connectivity index (χ0v) is 14.3. The largest absolute Gasteiger partial charge is 0.375 e. The summed E-state index contributed by atoms with van der Waals surface area (Å²) in [5, 5.41) is 0. The molecule has 0 aliphatic carbocycles. The smallest absolute Gasteiger partial charge is 0.248 e. The number of methoxy groups -OCH3 is 1. The normalized spacial score (nSPS) is 17.9. The van der Waals surface area contributed by atoms with E-state index in [2.05, 4.69) is 18.0 Å². The Kier molecular flexibility index (Phi) is 5.25. The molecule has 1 aliphatic heterocycles. The van der Waals surface area contributed by atoms with Crippen LogP contribution in [-0.4, -0.2) is 52.1 Å². The van der Waals surface area contributed by atoms with Gasteiger partial charge in [-0.3, -0.25) is 9.36 Å². The van der Waals surface area contributed by atoms with Crippen LogP contribution < -0.4 is 0 Å². The second-order valence-corrected chi connectivity index (χ2v) is 6.10. The van der Waals surface area contributed by atoms with Crippen LogP contribution in [0.15, 0.2) is 30.6 Å². The van der Waals surface area contributed by atoms with Gasteiger partial charge in [-0.1, -0.05) is 13.0 Å². The Morgan fingerprint density at radius 3 is 3.08 bits per heavy atom. The SMILES string of the molecule is CCc1nccn1-c1cccc([C@@H]2CCCN(C(=O)COC)C2)n1. The fourth-order valence-corrected chi connectivity index (χ4v) is 3.27. The summed E-state index contributed by atoms with van der Waals surface area (Å²) >= 11 is 0. The third-order valence-corrected chi connectivity index (χ3v) is 4.50. The number of carbonyl (C=O) groups excluding carboxylic acids is 1. The number of piperidine rings is 1. The van der Waals surface area contributed by atoms with E-state index in [1.54, 1.807) is 13.3 Å². The number of amides is 1. The van der Waals surface area contributed by atoms with Gasteiger partial charge in [0.1, 0.15) is 18.2 Å². The van der Waals surface area contributed by atoms with Crippen molar-refractivity contribution in [1.29, 1.82) is 0 Å². The van der Waals surface area contributed by atoms with E-state index >= 15 is 0 Å². The van der Waals surface area contributed by atoms with Gasteiger partial charge in [-0.25, -0.2) is 9.97 Å². The molecule has 6 heteroatoms. The zero-order valence-electron chi connectivity index (χ0n) is 14.3. The Hall–Kier alpha value is -2.21. The summed E-state index contributed by atoms with van der Waals surface area (Å²) in [5.41, 5.74) is 1.04. The maximum atomic E-state index is 12.1. The number of nitrogens with zero attached hydrogens (tertiary/aromatic N) is 4. The molecule has 0 saturated carbocycles. The monoisotopic (exact) mass is 328 g/mol. The summed E-state index contributed by atoms with van der Waals surface area (Å²) in [6.45, 7) is 3.75. The second-order valence-electron chi connectivity index (χ2n) is 6.10. The molecule has 6 nitrogen and oxygen atoms in total. The van der Waals surface area contributed by atoms with Crippen LogP contribution in [0.5, 0.6) is 0 Å². The van der Waals surface area contributed by atoms with Gasteiger partial charge in [0.25, 0.3) is 0 Å². The van der Waals surface area contributed by atoms with E-state index in [1.807, 2.05) is 27.8 Å². The minimum Gasteiger partial charge on any atom is -0.375 e. The summed E-state index contributed by atoms with van der Waals surface area (Å²) in [4.78, 5) is 23.2. The first kappa shape index (κ1) is 16.6. The first-order chi connectivity index (χ1) is 11.7. The van der Waals surface area contributed by atoms with E-state index < -0.39 is 0 Å². The Balaban J connectivity index is 1.80. The van der Waals surface area contributed by atoms with Gasteiger partial charge >= 0.3 is 0 Å². The Morgan fingerprint density at radius 1 is 1.42 bits per heavy atom. The van der Waals surface area contributed by atoms with E-state index in [1.165, 1.54) is 0 Å². The molecule has 128 valence electrons. The van der Waals surface area contributed by atoms with Crippen LogP contribution >= 0.6 is 0 Å². The molecule has 0 N–H and O–H groups in total. The first-order valence-corrected chi connectivity index (χ1v) is 8.49. The molecule has 1 atom stereocenters. The van der Waals surface area contributed by atoms with E-state index in [0.717, 1.165) is 43.1 Å². The molecule has 3 heterocycles. The molecule has 0 spiro atoms. The highest BCUT2D eigenvalue weighted by Crippen LogP contribution is 2.26. The lowest BCUT2D eigenvalue weighted by Crippen LogP contribution is -2.41. The molecule has 3 rings (SSSR count). The minimum atomic E-state index is 0.0567. The highest BCUT2D eigenvalue weighted by Gasteiger charge is 2.25. The molecule has 0 bridgehead atoms.